The molecule has 1 spiro atoms. The fraction of sp³-hybridized carbons (Fsp3) is 0.706. The van der Waals surface area contributed by atoms with Gasteiger partial charge in [-0.15, -0.1) is 0 Å². The molecule has 0 aromatic rings. The average Bonchev–Trinajstić information content (AvgIpc) is 2.94. The number of allylic oxidation sites excluding steroid dienone is 3. The summed E-state index contributed by atoms with van der Waals surface area (Å²) in [7, 11) is -3.49. The van der Waals surface area contributed by atoms with Crippen molar-refractivity contribution in [2.24, 2.45) is 16.7 Å². The smallest absolute Gasteiger partial charge is 0.263 e. The van der Waals surface area contributed by atoms with Crippen molar-refractivity contribution in [1.82, 2.24) is 4.31 Å². The normalized spacial score (nSPS) is 40.6. The topological polar surface area (TPSA) is 54.5 Å². The molecule has 4 nitrogen and oxygen atoms in total. The summed E-state index contributed by atoms with van der Waals surface area (Å²) in [6.07, 6.45) is 10.0. The van der Waals surface area contributed by atoms with Gasteiger partial charge >= 0.3 is 0 Å². The maximum Gasteiger partial charge on any atom is 0.263 e. The number of sulfonamides is 1. The van der Waals surface area contributed by atoms with Gasteiger partial charge in [0.15, 0.2) is 0 Å². The van der Waals surface area contributed by atoms with Crippen LogP contribution in [-0.2, 0) is 14.8 Å². The standard InChI is InChI=1S/C17H23NO3S/c1-16(2)13-8-9-17(16)11-22(20,21)18(14(17)10-13)15(19)12-6-4-3-5-7-12/h3-4,6,13-14H,5,7-11H2,1-2H3. The summed E-state index contributed by atoms with van der Waals surface area (Å²) >= 11 is 0. The Balaban J connectivity index is 1.77. The van der Waals surface area contributed by atoms with E-state index in [0.717, 1.165) is 25.7 Å². The highest BCUT2D eigenvalue weighted by Gasteiger charge is 2.72. The Morgan fingerprint density at radius 3 is 2.77 bits per heavy atom. The molecular formula is C17H23NO3S. The zero-order valence-electron chi connectivity index (χ0n) is 13.2. The largest absolute Gasteiger partial charge is 0.268 e. The van der Waals surface area contributed by atoms with E-state index in [-0.39, 0.29) is 28.5 Å². The van der Waals surface area contributed by atoms with Gasteiger partial charge in [-0.1, -0.05) is 32.1 Å². The van der Waals surface area contributed by atoms with Crippen LogP contribution in [0.1, 0.15) is 46.0 Å². The Labute approximate surface area is 132 Å². The number of nitrogens with zero attached hydrogens (tertiary/aromatic N) is 1. The van der Waals surface area contributed by atoms with Gasteiger partial charge in [0.1, 0.15) is 0 Å². The van der Waals surface area contributed by atoms with Gasteiger partial charge in [-0.25, -0.2) is 12.7 Å². The second kappa shape index (κ2) is 4.25. The molecule has 1 amide bonds. The molecule has 1 saturated heterocycles. The van der Waals surface area contributed by atoms with Crippen LogP contribution in [0.15, 0.2) is 23.8 Å². The van der Waals surface area contributed by atoms with Crippen molar-refractivity contribution in [3.05, 3.63) is 23.8 Å². The predicted octanol–water partition coefficient (Wildman–Crippen LogP) is 2.63. The minimum atomic E-state index is -3.49. The Bertz CT molecular complexity index is 703. The van der Waals surface area contributed by atoms with Crippen molar-refractivity contribution in [3.63, 3.8) is 0 Å². The molecule has 1 heterocycles. The maximum atomic E-state index is 12.9. The van der Waals surface area contributed by atoms with Gasteiger partial charge < -0.3 is 0 Å². The fourth-order valence-corrected chi connectivity index (χ4v) is 8.02. The minimum Gasteiger partial charge on any atom is -0.268 e. The van der Waals surface area contributed by atoms with Crippen LogP contribution in [0.2, 0.25) is 0 Å². The first-order valence-corrected chi connectivity index (χ1v) is 9.83. The highest BCUT2D eigenvalue weighted by atomic mass is 32.2. The second-order valence-corrected chi connectivity index (χ2v) is 9.73. The molecule has 2 saturated carbocycles. The number of amides is 1. The third kappa shape index (κ3) is 1.58. The third-order valence-corrected chi connectivity index (χ3v) is 8.80. The van der Waals surface area contributed by atoms with Crippen LogP contribution in [0, 0.1) is 16.7 Å². The van der Waals surface area contributed by atoms with Gasteiger partial charge in [-0.05, 0) is 43.4 Å². The van der Waals surface area contributed by atoms with Crippen molar-refractivity contribution < 1.29 is 13.2 Å². The number of hydrogen-bond acceptors (Lipinski definition) is 3. The van der Waals surface area contributed by atoms with Gasteiger partial charge in [0.05, 0.1) is 11.8 Å². The summed E-state index contributed by atoms with van der Waals surface area (Å²) < 4.78 is 26.9. The van der Waals surface area contributed by atoms with Gasteiger partial charge in [0.2, 0.25) is 10.0 Å². The Hall–Kier alpha value is -1.10. The number of rotatable bonds is 1. The minimum absolute atomic E-state index is 0.0145. The highest BCUT2D eigenvalue weighted by molar-refractivity contribution is 7.90. The molecule has 5 heteroatoms. The molecule has 22 heavy (non-hydrogen) atoms. The number of carbonyl (C=O) groups excluding carboxylic acids is 1. The molecule has 3 atom stereocenters. The summed E-state index contributed by atoms with van der Waals surface area (Å²) in [5.74, 6) is 0.432. The average molecular weight is 321 g/mol. The second-order valence-electron chi connectivity index (χ2n) is 7.88. The van der Waals surface area contributed by atoms with Crippen LogP contribution < -0.4 is 0 Å². The van der Waals surface area contributed by atoms with E-state index >= 15 is 0 Å². The first-order chi connectivity index (χ1) is 10.3. The Kier molecular flexibility index (Phi) is 2.80. The van der Waals surface area contributed by atoms with Gasteiger partial charge in [-0.3, -0.25) is 4.79 Å². The lowest BCUT2D eigenvalue weighted by Gasteiger charge is -2.37. The Morgan fingerprint density at radius 2 is 2.14 bits per heavy atom. The zero-order valence-corrected chi connectivity index (χ0v) is 14.0. The lowest BCUT2D eigenvalue weighted by atomic mass is 9.69. The van der Waals surface area contributed by atoms with Gasteiger partial charge in [0.25, 0.3) is 5.91 Å². The lowest BCUT2D eigenvalue weighted by molar-refractivity contribution is -0.125. The monoisotopic (exact) mass is 321 g/mol. The van der Waals surface area contributed by atoms with Crippen LogP contribution in [-0.4, -0.2) is 30.4 Å². The summed E-state index contributed by atoms with van der Waals surface area (Å²) in [6, 6.07) is -0.120. The molecule has 1 aliphatic heterocycles. The molecule has 4 rings (SSSR count). The van der Waals surface area contributed by atoms with E-state index in [1.54, 1.807) is 6.08 Å². The van der Waals surface area contributed by atoms with Crippen molar-refractivity contribution in [3.8, 4) is 0 Å². The lowest BCUT2D eigenvalue weighted by Crippen LogP contribution is -2.44. The summed E-state index contributed by atoms with van der Waals surface area (Å²) in [5, 5.41) is 0. The first-order valence-electron chi connectivity index (χ1n) is 8.22. The predicted molar refractivity (Wildman–Crippen MR) is 84.4 cm³/mol. The molecule has 3 aliphatic carbocycles. The van der Waals surface area contributed by atoms with Crippen LogP contribution >= 0.6 is 0 Å². The van der Waals surface area contributed by atoms with E-state index in [1.165, 1.54) is 4.31 Å². The molecular weight excluding hydrogens is 298 g/mol. The molecule has 0 radical (unpaired) electrons. The molecule has 0 N–H and O–H groups in total. The fourth-order valence-electron chi connectivity index (χ4n) is 5.48. The van der Waals surface area contributed by atoms with E-state index in [2.05, 4.69) is 13.8 Å². The molecule has 120 valence electrons. The van der Waals surface area contributed by atoms with E-state index in [4.69, 9.17) is 0 Å². The summed E-state index contributed by atoms with van der Waals surface area (Å²) in [6.45, 7) is 4.41. The molecule has 0 aromatic heterocycles. The first kappa shape index (κ1) is 14.5. The van der Waals surface area contributed by atoms with Crippen molar-refractivity contribution in [2.75, 3.05) is 5.75 Å². The quantitative estimate of drug-likeness (QED) is 0.746. The summed E-state index contributed by atoms with van der Waals surface area (Å²) in [5.41, 5.74) is 0.432. The van der Waals surface area contributed by atoms with Crippen LogP contribution in [0.25, 0.3) is 0 Å². The number of fused-ring (bicyclic) bond motifs is 1. The van der Waals surface area contributed by atoms with E-state index in [9.17, 15) is 13.2 Å². The van der Waals surface area contributed by atoms with E-state index in [1.807, 2.05) is 12.2 Å². The highest BCUT2D eigenvalue weighted by Crippen LogP contribution is 2.70. The van der Waals surface area contributed by atoms with Crippen molar-refractivity contribution >= 4 is 15.9 Å². The van der Waals surface area contributed by atoms with Gasteiger partial charge in [0, 0.05) is 11.0 Å². The SMILES string of the molecule is CC1(C)C2CCC13CS(=O)(=O)N(C(=O)C1=CC=CCC1)C3C2. The van der Waals surface area contributed by atoms with Crippen LogP contribution in [0.4, 0.5) is 0 Å². The number of hydrogen-bond donors (Lipinski definition) is 0. The van der Waals surface area contributed by atoms with Crippen molar-refractivity contribution in [2.45, 2.75) is 52.0 Å². The van der Waals surface area contributed by atoms with E-state index in [0.29, 0.717) is 17.9 Å². The summed E-state index contributed by atoms with van der Waals surface area (Å²) in [4.78, 5) is 12.9. The third-order valence-electron chi connectivity index (χ3n) is 6.90. The Morgan fingerprint density at radius 1 is 1.36 bits per heavy atom. The molecule has 4 aliphatic rings. The van der Waals surface area contributed by atoms with Crippen LogP contribution in [0.3, 0.4) is 0 Å². The van der Waals surface area contributed by atoms with Crippen LogP contribution in [0.5, 0.6) is 0 Å². The zero-order chi connectivity index (χ0) is 15.8. The number of carbonyl (C=O) groups is 1. The molecule has 0 aromatic carbocycles. The molecule has 3 fully saturated rings. The molecule has 3 unspecified atom stereocenters. The van der Waals surface area contributed by atoms with Crippen molar-refractivity contribution in [1.29, 1.82) is 0 Å². The van der Waals surface area contributed by atoms with Gasteiger partial charge in [-0.2, -0.15) is 0 Å². The maximum absolute atomic E-state index is 12.9. The molecule has 2 bridgehead atoms. The van der Waals surface area contributed by atoms with E-state index < -0.39 is 10.0 Å².